The Balaban J connectivity index is 1.51. The number of esters is 1. The monoisotopic (exact) mass is 500 g/mol. The van der Waals surface area contributed by atoms with Gasteiger partial charge in [-0.05, 0) is 73.0 Å². The third-order valence-corrected chi connectivity index (χ3v) is 5.98. The van der Waals surface area contributed by atoms with Gasteiger partial charge in [0.1, 0.15) is 18.1 Å². The molecule has 37 heavy (non-hydrogen) atoms. The van der Waals surface area contributed by atoms with Crippen molar-refractivity contribution in [3.8, 4) is 22.6 Å². The third-order valence-electron chi connectivity index (χ3n) is 5.98. The molecule has 0 saturated heterocycles. The molecule has 0 aliphatic rings. The van der Waals surface area contributed by atoms with Crippen LogP contribution in [0.2, 0.25) is 0 Å². The molecule has 0 N–H and O–H groups in total. The summed E-state index contributed by atoms with van der Waals surface area (Å²) in [4.78, 5) is 25.3. The summed E-state index contributed by atoms with van der Waals surface area (Å²) in [5.74, 6) is 0.683. The van der Waals surface area contributed by atoms with Gasteiger partial charge in [-0.2, -0.15) is 0 Å². The average molecular weight is 501 g/mol. The van der Waals surface area contributed by atoms with Crippen LogP contribution < -0.4 is 9.47 Å². The first-order valence-electron chi connectivity index (χ1n) is 12.9. The average Bonchev–Trinajstić information content (AvgIpc) is 2.94. The highest BCUT2D eigenvalue weighted by atomic mass is 16.5. The van der Waals surface area contributed by atoms with Crippen molar-refractivity contribution in [1.82, 2.24) is 0 Å². The molecule has 0 radical (unpaired) electrons. The molecule has 5 heteroatoms. The van der Waals surface area contributed by atoms with E-state index in [0.717, 1.165) is 29.9 Å². The lowest BCUT2D eigenvalue weighted by atomic mass is 10.0. The summed E-state index contributed by atoms with van der Waals surface area (Å²) in [6.07, 6.45) is 6.79. The number of carbonyl (C=O) groups excluding carboxylic acids is 2. The van der Waals surface area contributed by atoms with Crippen LogP contribution in [0.1, 0.15) is 66.7 Å². The van der Waals surface area contributed by atoms with Crippen molar-refractivity contribution in [2.24, 2.45) is 0 Å². The van der Waals surface area contributed by atoms with Gasteiger partial charge in [0, 0.05) is 5.56 Å². The van der Waals surface area contributed by atoms with Crippen molar-refractivity contribution < 1.29 is 23.8 Å². The van der Waals surface area contributed by atoms with Crippen LogP contribution >= 0.6 is 0 Å². The van der Waals surface area contributed by atoms with Gasteiger partial charge in [-0.3, -0.25) is 4.79 Å². The van der Waals surface area contributed by atoms with E-state index in [1.165, 1.54) is 25.7 Å². The lowest BCUT2D eigenvalue weighted by molar-refractivity contribution is 0.0319. The minimum Gasteiger partial charge on any atom is -0.494 e. The molecule has 3 aromatic rings. The number of carbonyl (C=O) groups is 2. The fourth-order valence-electron chi connectivity index (χ4n) is 3.83. The van der Waals surface area contributed by atoms with E-state index < -0.39 is 12.1 Å². The predicted molar refractivity (Wildman–Crippen MR) is 147 cm³/mol. The Morgan fingerprint density at radius 2 is 1.30 bits per heavy atom. The van der Waals surface area contributed by atoms with Crippen molar-refractivity contribution in [3.63, 3.8) is 0 Å². The lowest BCUT2D eigenvalue weighted by Crippen LogP contribution is -2.24. The quantitative estimate of drug-likeness (QED) is 0.0926. The number of rotatable bonds is 15. The van der Waals surface area contributed by atoms with Gasteiger partial charge >= 0.3 is 5.97 Å². The number of benzene rings is 3. The smallest absolute Gasteiger partial charge is 0.338 e. The molecule has 1 unspecified atom stereocenters. The normalized spacial score (nSPS) is 11.4. The topological polar surface area (TPSA) is 61.8 Å². The van der Waals surface area contributed by atoms with Crippen molar-refractivity contribution in [3.05, 3.63) is 96.6 Å². The molecule has 1 atom stereocenters. The van der Waals surface area contributed by atoms with E-state index >= 15 is 0 Å². The van der Waals surface area contributed by atoms with Crippen LogP contribution in [-0.2, 0) is 4.74 Å². The summed E-state index contributed by atoms with van der Waals surface area (Å²) >= 11 is 0. The Hall–Kier alpha value is -3.86. The lowest BCUT2D eigenvalue weighted by Gasteiger charge is -2.13. The van der Waals surface area contributed by atoms with Crippen molar-refractivity contribution >= 4 is 11.8 Å². The van der Waals surface area contributed by atoms with Gasteiger partial charge < -0.3 is 14.2 Å². The highest BCUT2D eigenvalue weighted by molar-refractivity contribution is 6.01. The molecule has 0 saturated carbocycles. The second-order valence-corrected chi connectivity index (χ2v) is 8.90. The highest BCUT2D eigenvalue weighted by Crippen LogP contribution is 2.24. The van der Waals surface area contributed by atoms with Gasteiger partial charge in [-0.15, -0.1) is 0 Å². The third kappa shape index (κ3) is 8.64. The number of hydrogen-bond donors (Lipinski definition) is 0. The first kappa shape index (κ1) is 27.7. The Labute approximate surface area is 220 Å². The number of ether oxygens (including phenoxy) is 3. The molecule has 0 aliphatic heterocycles. The first-order valence-corrected chi connectivity index (χ1v) is 12.9. The van der Waals surface area contributed by atoms with Gasteiger partial charge in [0.15, 0.2) is 6.10 Å². The van der Waals surface area contributed by atoms with Gasteiger partial charge in [-0.1, -0.05) is 69.5 Å². The first-order chi connectivity index (χ1) is 18.0. The molecule has 0 bridgehead atoms. The van der Waals surface area contributed by atoms with Crippen molar-refractivity contribution in [2.75, 3.05) is 13.2 Å². The minimum atomic E-state index is -0.911. The summed E-state index contributed by atoms with van der Waals surface area (Å²) in [7, 11) is 0. The SMILES string of the molecule is C=CCOc1ccc(C(=O)C(C)OC(=O)c2ccc(-c3ccc(OCCCCCCC)cc3)cc2)cc1. The fourth-order valence-corrected chi connectivity index (χ4v) is 3.83. The molecule has 0 heterocycles. The zero-order chi connectivity index (χ0) is 26.5. The number of unbranched alkanes of at least 4 members (excludes halogenated alkanes) is 4. The van der Waals surface area contributed by atoms with Gasteiger partial charge in [0.25, 0.3) is 0 Å². The van der Waals surface area contributed by atoms with Crippen LogP contribution in [0.3, 0.4) is 0 Å². The summed E-state index contributed by atoms with van der Waals surface area (Å²) in [6, 6.07) is 21.8. The number of hydrogen-bond acceptors (Lipinski definition) is 5. The molecule has 0 fully saturated rings. The van der Waals surface area contributed by atoms with Gasteiger partial charge in [0.05, 0.1) is 12.2 Å². The summed E-state index contributed by atoms with van der Waals surface area (Å²) in [6.45, 7) is 8.51. The molecular weight excluding hydrogens is 464 g/mol. The van der Waals surface area contributed by atoms with Crippen LogP contribution in [-0.4, -0.2) is 31.1 Å². The second-order valence-electron chi connectivity index (χ2n) is 8.90. The van der Waals surface area contributed by atoms with Crippen molar-refractivity contribution in [2.45, 2.75) is 52.1 Å². The Morgan fingerprint density at radius 3 is 1.92 bits per heavy atom. The molecule has 194 valence electrons. The van der Waals surface area contributed by atoms with Crippen LogP contribution in [0.5, 0.6) is 11.5 Å². The van der Waals surface area contributed by atoms with E-state index in [-0.39, 0.29) is 5.78 Å². The van der Waals surface area contributed by atoms with Gasteiger partial charge in [-0.25, -0.2) is 4.79 Å². The van der Waals surface area contributed by atoms with Gasteiger partial charge in [0.2, 0.25) is 5.78 Å². The van der Waals surface area contributed by atoms with Crippen LogP contribution in [0.15, 0.2) is 85.5 Å². The molecule has 0 amide bonds. The number of Topliss-reactive ketones (excluding diaryl/α,β-unsaturated/α-hetero) is 1. The highest BCUT2D eigenvalue weighted by Gasteiger charge is 2.20. The van der Waals surface area contributed by atoms with Crippen LogP contribution in [0.4, 0.5) is 0 Å². The van der Waals surface area contributed by atoms with Crippen LogP contribution in [0, 0.1) is 0 Å². The zero-order valence-electron chi connectivity index (χ0n) is 21.8. The summed E-state index contributed by atoms with van der Waals surface area (Å²) in [5.41, 5.74) is 2.84. The molecule has 5 nitrogen and oxygen atoms in total. The van der Waals surface area contributed by atoms with E-state index in [9.17, 15) is 9.59 Å². The zero-order valence-corrected chi connectivity index (χ0v) is 21.8. The fraction of sp³-hybridized carbons (Fsp3) is 0.312. The Bertz CT molecular complexity index is 1130. The van der Waals surface area contributed by atoms with E-state index in [1.54, 1.807) is 49.4 Å². The van der Waals surface area contributed by atoms with Crippen molar-refractivity contribution in [1.29, 1.82) is 0 Å². The largest absolute Gasteiger partial charge is 0.494 e. The Morgan fingerprint density at radius 1 is 0.757 bits per heavy atom. The maximum atomic E-state index is 12.7. The molecule has 3 aromatic carbocycles. The summed E-state index contributed by atoms with van der Waals surface area (Å²) < 4.78 is 16.7. The predicted octanol–water partition coefficient (Wildman–Crippen LogP) is 7.70. The maximum Gasteiger partial charge on any atom is 0.338 e. The van der Waals surface area contributed by atoms with E-state index in [0.29, 0.717) is 23.5 Å². The van der Waals surface area contributed by atoms with E-state index in [1.807, 2.05) is 36.4 Å². The standard InChI is InChI=1S/C32H36O5/c1-4-6-7-8-9-23-36-30-18-14-26(15-19-30)25-10-12-28(13-11-25)32(34)37-24(3)31(33)27-16-20-29(21-17-27)35-22-5-2/h5,10-21,24H,2,4,6-9,22-23H2,1,3H3. The molecule has 0 aromatic heterocycles. The maximum absolute atomic E-state index is 12.7. The molecule has 3 rings (SSSR count). The van der Waals surface area contributed by atoms with E-state index in [4.69, 9.17) is 14.2 Å². The molecule has 0 aliphatic carbocycles. The second kappa shape index (κ2) is 14.6. The minimum absolute atomic E-state index is 0.275. The molecular formula is C32H36O5. The molecule has 0 spiro atoms. The van der Waals surface area contributed by atoms with E-state index in [2.05, 4.69) is 13.5 Å². The Kier molecular flexibility index (Phi) is 11.0. The van der Waals surface area contributed by atoms with Crippen LogP contribution in [0.25, 0.3) is 11.1 Å². The number of ketones is 1. The summed E-state index contributed by atoms with van der Waals surface area (Å²) in [5, 5.41) is 0.